The third-order valence-corrected chi connectivity index (χ3v) is 3.92. The number of carbonyl (C=O) groups excluding carboxylic acids is 2. The molecule has 1 heterocycles. The van der Waals surface area contributed by atoms with Crippen LogP contribution in [0.2, 0.25) is 0 Å². The van der Waals surface area contributed by atoms with Crippen LogP contribution in [0.3, 0.4) is 0 Å². The summed E-state index contributed by atoms with van der Waals surface area (Å²) in [4.78, 5) is 26.1. The van der Waals surface area contributed by atoms with Gasteiger partial charge in [-0.05, 0) is 18.1 Å². The Balaban J connectivity index is 2.85. The Labute approximate surface area is 123 Å². The maximum absolute atomic E-state index is 12.4. The lowest BCUT2D eigenvalue weighted by Gasteiger charge is -2.18. The van der Waals surface area contributed by atoms with Crippen LogP contribution in [0.25, 0.3) is 0 Å². The summed E-state index contributed by atoms with van der Waals surface area (Å²) >= 11 is 0.968. The zero-order valence-corrected chi connectivity index (χ0v) is 12.1. The number of rotatable bonds is 4. The molecule has 3 N–H and O–H groups in total. The molecule has 9 heteroatoms. The molecule has 0 spiro atoms. The van der Waals surface area contributed by atoms with Gasteiger partial charge in [-0.15, -0.1) is 0 Å². The number of pyridine rings is 1. The van der Waals surface area contributed by atoms with E-state index in [2.05, 4.69) is 4.98 Å². The molecule has 21 heavy (non-hydrogen) atoms. The first-order valence-electron chi connectivity index (χ1n) is 5.91. The van der Waals surface area contributed by atoms with Crippen LogP contribution in [-0.2, 0) is 11.0 Å². The number of imide groups is 1. The molecule has 0 aliphatic rings. The molecular weight excluding hydrogens is 307 g/mol. The maximum Gasteiger partial charge on any atom is 0.417 e. The zero-order valence-electron chi connectivity index (χ0n) is 11.3. The third kappa shape index (κ3) is 5.25. The van der Waals surface area contributed by atoms with Crippen LogP contribution >= 0.6 is 11.8 Å². The molecule has 0 aliphatic carbocycles. The molecule has 1 aromatic rings. The van der Waals surface area contributed by atoms with E-state index in [1.54, 1.807) is 13.8 Å². The zero-order chi connectivity index (χ0) is 16.2. The van der Waals surface area contributed by atoms with E-state index in [9.17, 15) is 22.8 Å². The van der Waals surface area contributed by atoms with E-state index < -0.39 is 28.9 Å². The fourth-order valence-corrected chi connectivity index (χ4v) is 2.39. The third-order valence-electron chi connectivity index (χ3n) is 2.42. The number of halogens is 3. The molecule has 5 nitrogen and oxygen atoms in total. The van der Waals surface area contributed by atoms with Gasteiger partial charge in [-0.3, -0.25) is 10.1 Å². The van der Waals surface area contributed by atoms with Crippen LogP contribution in [0.5, 0.6) is 0 Å². The predicted molar refractivity (Wildman–Crippen MR) is 71.4 cm³/mol. The van der Waals surface area contributed by atoms with Crippen molar-refractivity contribution in [2.75, 3.05) is 0 Å². The lowest BCUT2D eigenvalue weighted by Crippen LogP contribution is -2.42. The van der Waals surface area contributed by atoms with Crippen molar-refractivity contribution in [3.63, 3.8) is 0 Å². The van der Waals surface area contributed by atoms with Crippen molar-refractivity contribution in [3.8, 4) is 0 Å². The first-order chi connectivity index (χ1) is 9.61. The Bertz CT molecular complexity index is 517. The lowest BCUT2D eigenvalue weighted by atomic mass is 10.1. The molecule has 0 fully saturated rings. The Morgan fingerprint density at radius 2 is 1.95 bits per heavy atom. The Morgan fingerprint density at radius 3 is 2.33 bits per heavy atom. The summed E-state index contributed by atoms with van der Waals surface area (Å²) in [6.45, 7) is 3.48. The van der Waals surface area contributed by atoms with Crippen LogP contribution < -0.4 is 11.1 Å². The van der Waals surface area contributed by atoms with Gasteiger partial charge in [0.1, 0.15) is 0 Å². The highest BCUT2D eigenvalue weighted by atomic mass is 32.2. The highest BCUT2D eigenvalue weighted by Gasteiger charge is 2.31. The number of nitrogens with one attached hydrogen (secondary N) is 1. The van der Waals surface area contributed by atoms with Gasteiger partial charge >= 0.3 is 12.2 Å². The predicted octanol–water partition coefficient (Wildman–Crippen LogP) is 2.41. The molecule has 116 valence electrons. The highest BCUT2D eigenvalue weighted by molar-refractivity contribution is 8.00. The second kappa shape index (κ2) is 6.79. The number of carbonyl (C=O) groups is 2. The number of nitrogens with zero attached hydrogens (tertiary/aromatic N) is 1. The molecule has 3 amide bonds. The van der Waals surface area contributed by atoms with Gasteiger partial charge in [-0.1, -0.05) is 25.6 Å². The van der Waals surface area contributed by atoms with E-state index in [4.69, 9.17) is 5.73 Å². The standard InChI is InChI=1S/C12H14F3N3O2S/c1-6(2)9(10(19)18-11(16)20)21-8-4-3-7(5-17-8)12(13,14)15/h3-6,9H,1-2H3,(H3,16,18,19,20). The van der Waals surface area contributed by atoms with Crippen LogP contribution in [0, 0.1) is 5.92 Å². The van der Waals surface area contributed by atoms with Gasteiger partial charge in [0.15, 0.2) is 0 Å². The fraction of sp³-hybridized carbons (Fsp3) is 0.417. The lowest BCUT2D eigenvalue weighted by molar-refractivity contribution is -0.137. The number of urea groups is 1. The van der Waals surface area contributed by atoms with Crippen LogP contribution in [0.15, 0.2) is 23.4 Å². The number of nitrogens with two attached hydrogens (primary N) is 1. The van der Waals surface area contributed by atoms with Gasteiger partial charge in [0.2, 0.25) is 5.91 Å². The molecule has 0 bridgehead atoms. The Hall–Kier alpha value is -1.77. The largest absolute Gasteiger partial charge is 0.417 e. The van der Waals surface area contributed by atoms with Crippen molar-refractivity contribution < 1.29 is 22.8 Å². The first kappa shape index (κ1) is 17.3. The number of hydrogen-bond donors (Lipinski definition) is 2. The fourth-order valence-electron chi connectivity index (χ4n) is 1.43. The summed E-state index contributed by atoms with van der Waals surface area (Å²) in [6.07, 6.45) is -3.76. The van der Waals surface area contributed by atoms with E-state index in [-0.39, 0.29) is 10.9 Å². The van der Waals surface area contributed by atoms with Crippen molar-refractivity contribution in [2.45, 2.75) is 30.3 Å². The number of aromatic nitrogens is 1. The van der Waals surface area contributed by atoms with Crippen molar-refractivity contribution >= 4 is 23.7 Å². The monoisotopic (exact) mass is 321 g/mol. The van der Waals surface area contributed by atoms with E-state index in [0.29, 0.717) is 6.20 Å². The van der Waals surface area contributed by atoms with Crippen LogP contribution in [-0.4, -0.2) is 22.2 Å². The molecule has 1 atom stereocenters. The van der Waals surface area contributed by atoms with Gasteiger partial charge in [-0.2, -0.15) is 13.2 Å². The number of amides is 3. The van der Waals surface area contributed by atoms with Gasteiger partial charge in [-0.25, -0.2) is 9.78 Å². The van der Waals surface area contributed by atoms with E-state index in [1.165, 1.54) is 6.07 Å². The van der Waals surface area contributed by atoms with E-state index in [1.807, 2.05) is 5.32 Å². The number of alkyl halides is 3. The van der Waals surface area contributed by atoms with Crippen molar-refractivity contribution in [1.29, 1.82) is 0 Å². The Morgan fingerprint density at radius 1 is 1.33 bits per heavy atom. The van der Waals surface area contributed by atoms with E-state index in [0.717, 1.165) is 17.8 Å². The average molecular weight is 321 g/mol. The molecule has 0 saturated carbocycles. The molecule has 1 aromatic heterocycles. The molecular formula is C12H14F3N3O2S. The molecule has 0 aliphatic heterocycles. The topological polar surface area (TPSA) is 85.1 Å². The van der Waals surface area contributed by atoms with Gasteiger partial charge in [0.05, 0.1) is 15.8 Å². The van der Waals surface area contributed by atoms with Gasteiger partial charge < -0.3 is 5.73 Å². The van der Waals surface area contributed by atoms with Gasteiger partial charge in [0.25, 0.3) is 0 Å². The second-order valence-corrected chi connectivity index (χ2v) is 5.68. The average Bonchev–Trinajstić information content (AvgIpc) is 2.34. The number of thioether (sulfide) groups is 1. The summed E-state index contributed by atoms with van der Waals surface area (Å²) in [7, 11) is 0. The minimum Gasteiger partial charge on any atom is -0.351 e. The summed E-state index contributed by atoms with van der Waals surface area (Å²) < 4.78 is 37.3. The van der Waals surface area contributed by atoms with Crippen LogP contribution in [0.4, 0.5) is 18.0 Å². The molecule has 1 rings (SSSR count). The molecule has 1 unspecified atom stereocenters. The molecule has 0 radical (unpaired) electrons. The summed E-state index contributed by atoms with van der Waals surface area (Å²) in [5, 5.41) is 1.51. The van der Waals surface area contributed by atoms with Gasteiger partial charge in [0, 0.05) is 6.20 Å². The molecule has 0 aromatic carbocycles. The smallest absolute Gasteiger partial charge is 0.351 e. The second-order valence-electron chi connectivity index (χ2n) is 4.52. The summed E-state index contributed by atoms with van der Waals surface area (Å²) in [6, 6.07) is 1.09. The summed E-state index contributed by atoms with van der Waals surface area (Å²) in [5.41, 5.74) is 4.01. The normalized spacial score (nSPS) is 13.0. The first-order valence-corrected chi connectivity index (χ1v) is 6.79. The van der Waals surface area contributed by atoms with Crippen molar-refractivity contribution in [2.24, 2.45) is 11.7 Å². The minimum absolute atomic E-state index is 0.168. The number of hydrogen-bond acceptors (Lipinski definition) is 4. The highest BCUT2D eigenvalue weighted by Crippen LogP contribution is 2.31. The summed E-state index contributed by atoms with van der Waals surface area (Å²) in [5.74, 6) is -0.775. The van der Waals surface area contributed by atoms with Crippen LogP contribution in [0.1, 0.15) is 19.4 Å². The minimum atomic E-state index is -4.46. The Kier molecular flexibility index (Phi) is 5.59. The quantitative estimate of drug-likeness (QED) is 0.834. The molecule has 0 saturated heterocycles. The van der Waals surface area contributed by atoms with E-state index >= 15 is 0 Å². The van der Waals surface area contributed by atoms with Crippen molar-refractivity contribution in [3.05, 3.63) is 23.9 Å². The SMILES string of the molecule is CC(C)C(Sc1ccc(C(F)(F)F)cn1)C(=O)NC(N)=O. The van der Waals surface area contributed by atoms with Crippen molar-refractivity contribution in [1.82, 2.24) is 10.3 Å². The number of primary amides is 1. The maximum atomic E-state index is 12.4.